The van der Waals surface area contributed by atoms with Crippen molar-refractivity contribution in [1.29, 1.82) is 0 Å². The van der Waals surface area contributed by atoms with Gasteiger partial charge in [0, 0.05) is 18.7 Å². The summed E-state index contributed by atoms with van der Waals surface area (Å²) < 4.78 is 11.1. The SMILES string of the molecule is CCCCOc1ccc(C(=O)N2CCC3(CC2)CC3C(=O)O)cc1OC. The predicted octanol–water partition coefficient (Wildman–Crippen LogP) is 3.20. The van der Waals surface area contributed by atoms with E-state index in [1.165, 1.54) is 0 Å². The number of hydrogen-bond acceptors (Lipinski definition) is 4. The molecular formula is C20H27NO5. The molecule has 1 saturated carbocycles. The van der Waals surface area contributed by atoms with Gasteiger partial charge in [0.05, 0.1) is 19.6 Å². The maximum absolute atomic E-state index is 12.8. The van der Waals surface area contributed by atoms with Gasteiger partial charge in [0.2, 0.25) is 0 Å². The van der Waals surface area contributed by atoms with Crippen molar-refractivity contribution in [3.63, 3.8) is 0 Å². The van der Waals surface area contributed by atoms with E-state index in [0.717, 1.165) is 32.1 Å². The Morgan fingerprint density at radius 1 is 1.27 bits per heavy atom. The molecule has 1 unspecified atom stereocenters. The number of carbonyl (C=O) groups is 2. The zero-order valence-corrected chi connectivity index (χ0v) is 15.5. The molecule has 2 aliphatic rings. The summed E-state index contributed by atoms with van der Waals surface area (Å²) in [6.45, 7) is 3.95. The van der Waals surface area contributed by atoms with Gasteiger partial charge in [-0.05, 0) is 49.3 Å². The molecule has 6 nitrogen and oxygen atoms in total. The molecule has 6 heteroatoms. The van der Waals surface area contributed by atoms with Gasteiger partial charge in [0.1, 0.15) is 0 Å². The van der Waals surface area contributed by atoms with Crippen LogP contribution in [-0.2, 0) is 4.79 Å². The highest BCUT2D eigenvalue weighted by molar-refractivity contribution is 5.95. The van der Waals surface area contributed by atoms with Crippen LogP contribution in [0.25, 0.3) is 0 Å². The first-order valence-electron chi connectivity index (χ1n) is 9.33. The Kier molecular flexibility index (Phi) is 5.39. The molecule has 0 aromatic heterocycles. The predicted molar refractivity (Wildman–Crippen MR) is 96.7 cm³/mol. The molecule has 3 rings (SSSR count). The van der Waals surface area contributed by atoms with Crippen LogP contribution in [0.4, 0.5) is 0 Å². The van der Waals surface area contributed by atoms with Gasteiger partial charge in [-0.3, -0.25) is 9.59 Å². The van der Waals surface area contributed by atoms with Crippen LogP contribution in [0, 0.1) is 11.3 Å². The van der Waals surface area contributed by atoms with Gasteiger partial charge in [-0.15, -0.1) is 0 Å². The number of unbranched alkanes of at least 4 members (excludes halogenated alkanes) is 1. The molecule has 1 heterocycles. The van der Waals surface area contributed by atoms with Gasteiger partial charge in [-0.1, -0.05) is 13.3 Å². The molecule has 1 spiro atoms. The highest BCUT2D eigenvalue weighted by Gasteiger charge is 2.59. The van der Waals surface area contributed by atoms with Crippen LogP contribution < -0.4 is 9.47 Å². The first-order chi connectivity index (χ1) is 12.5. The standard InChI is InChI=1S/C20H27NO5/c1-3-4-11-26-16-6-5-14(12-17(16)25-2)18(22)21-9-7-20(8-10-21)13-15(20)19(23)24/h5-6,12,15H,3-4,7-11,13H2,1-2H3,(H,23,24). The zero-order valence-electron chi connectivity index (χ0n) is 15.5. The van der Waals surface area contributed by atoms with Crippen LogP contribution in [0.2, 0.25) is 0 Å². The number of carboxylic acid groups (broad SMARTS) is 1. The van der Waals surface area contributed by atoms with Crippen molar-refractivity contribution in [3.05, 3.63) is 23.8 Å². The van der Waals surface area contributed by atoms with Gasteiger partial charge in [-0.2, -0.15) is 0 Å². The molecule has 1 amide bonds. The highest BCUT2D eigenvalue weighted by atomic mass is 16.5. The molecule has 1 N–H and O–H groups in total. The summed E-state index contributed by atoms with van der Waals surface area (Å²) in [5, 5.41) is 9.18. The number of methoxy groups -OCH3 is 1. The summed E-state index contributed by atoms with van der Waals surface area (Å²) in [6, 6.07) is 5.29. The lowest BCUT2D eigenvalue weighted by atomic mass is 9.90. The molecule has 0 bridgehead atoms. The van der Waals surface area contributed by atoms with Crippen LogP contribution in [0.15, 0.2) is 18.2 Å². The van der Waals surface area contributed by atoms with Gasteiger partial charge < -0.3 is 19.5 Å². The first-order valence-corrected chi connectivity index (χ1v) is 9.33. The number of carboxylic acids is 1. The summed E-state index contributed by atoms with van der Waals surface area (Å²) >= 11 is 0. The van der Waals surface area contributed by atoms with Crippen LogP contribution >= 0.6 is 0 Å². The van der Waals surface area contributed by atoms with Crippen molar-refractivity contribution in [3.8, 4) is 11.5 Å². The van der Waals surface area contributed by atoms with E-state index in [2.05, 4.69) is 6.92 Å². The third kappa shape index (κ3) is 3.64. The molecule has 1 atom stereocenters. The lowest BCUT2D eigenvalue weighted by molar-refractivity contribution is -0.139. The van der Waals surface area contributed by atoms with E-state index in [1.807, 2.05) is 4.90 Å². The van der Waals surface area contributed by atoms with Crippen molar-refractivity contribution in [2.45, 2.75) is 39.0 Å². The summed E-state index contributed by atoms with van der Waals surface area (Å²) in [5.41, 5.74) is 0.503. The Hall–Kier alpha value is -2.24. The fourth-order valence-electron chi connectivity index (χ4n) is 3.83. The third-order valence-corrected chi connectivity index (χ3v) is 5.70. The second kappa shape index (κ2) is 7.56. The first kappa shape index (κ1) is 18.5. The minimum atomic E-state index is -0.701. The van der Waals surface area contributed by atoms with Crippen molar-refractivity contribution < 1.29 is 24.2 Å². The summed E-state index contributed by atoms with van der Waals surface area (Å²) in [5.74, 6) is 0.254. The monoisotopic (exact) mass is 361 g/mol. The second-order valence-corrected chi connectivity index (χ2v) is 7.32. The normalized spacial score (nSPS) is 20.7. The zero-order chi connectivity index (χ0) is 18.7. The topological polar surface area (TPSA) is 76.1 Å². The summed E-state index contributed by atoms with van der Waals surface area (Å²) in [7, 11) is 1.57. The number of rotatable bonds is 7. The van der Waals surface area contributed by atoms with Crippen molar-refractivity contribution >= 4 is 11.9 Å². The fraction of sp³-hybridized carbons (Fsp3) is 0.600. The number of carbonyl (C=O) groups excluding carboxylic acids is 1. The highest BCUT2D eigenvalue weighted by Crippen LogP contribution is 2.59. The Bertz CT molecular complexity index is 679. The van der Waals surface area contributed by atoms with Gasteiger partial charge >= 0.3 is 5.97 Å². The summed E-state index contributed by atoms with van der Waals surface area (Å²) in [4.78, 5) is 25.8. The Labute approximate surface area is 154 Å². The molecule has 1 aromatic carbocycles. The van der Waals surface area contributed by atoms with Crippen LogP contribution in [-0.4, -0.2) is 48.7 Å². The number of piperidine rings is 1. The van der Waals surface area contributed by atoms with E-state index >= 15 is 0 Å². The lowest BCUT2D eigenvalue weighted by Gasteiger charge is -2.32. The third-order valence-electron chi connectivity index (χ3n) is 5.70. The number of ether oxygens (including phenoxy) is 2. The molecule has 2 fully saturated rings. The Balaban J connectivity index is 1.62. The molecule has 1 saturated heterocycles. The minimum absolute atomic E-state index is 0.0363. The van der Waals surface area contributed by atoms with Crippen molar-refractivity contribution in [1.82, 2.24) is 4.90 Å². The van der Waals surface area contributed by atoms with E-state index < -0.39 is 5.97 Å². The van der Waals surface area contributed by atoms with E-state index in [1.54, 1.807) is 25.3 Å². The average molecular weight is 361 g/mol. The quantitative estimate of drug-likeness (QED) is 0.755. The number of benzene rings is 1. The fourth-order valence-corrected chi connectivity index (χ4v) is 3.83. The second-order valence-electron chi connectivity index (χ2n) is 7.32. The molecular weight excluding hydrogens is 334 g/mol. The van der Waals surface area contributed by atoms with E-state index in [4.69, 9.17) is 9.47 Å². The smallest absolute Gasteiger partial charge is 0.307 e. The van der Waals surface area contributed by atoms with Crippen molar-refractivity contribution in [2.75, 3.05) is 26.8 Å². The minimum Gasteiger partial charge on any atom is -0.493 e. The van der Waals surface area contributed by atoms with Gasteiger partial charge in [-0.25, -0.2) is 0 Å². The largest absolute Gasteiger partial charge is 0.493 e. The molecule has 0 radical (unpaired) electrons. The van der Waals surface area contributed by atoms with Crippen LogP contribution in [0.3, 0.4) is 0 Å². The summed E-state index contributed by atoms with van der Waals surface area (Å²) in [6.07, 6.45) is 4.31. The number of aliphatic carboxylic acids is 1. The maximum Gasteiger partial charge on any atom is 0.307 e. The van der Waals surface area contributed by atoms with E-state index in [0.29, 0.717) is 36.8 Å². The lowest BCUT2D eigenvalue weighted by Crippen LogP contribution is -2.40. The Morgan fingerprint density at radius 3 is 2.58 bits per heavy atom. The van der Waals surface area contributed by atoms with Gasteiger partial charge in [0.25, 0.3) is 5.91 Å². The average Bonchev–Trinajstić information content (AvgIpc) is 3.36. The number of likely N-dealkylation sites (tertiary alicyclic amines) is 1. The number of amides is 1. The van der Waals surface area contributed by atoms with Crippen LogP contribution in [0.5, 0.6) is 11.5 Å². The van der Waals surface area contributed by atoms with E-state index in [-0.39, 0.29) is 17.2 Å². The maximum atomic E-state index is 12.8. The molecule has 1 aliphatic heterocycles. The van der Waals surface area contributed by atoms with Gasteiger partial charge in [0.15, 0.2) is 11.5 Å². The van der Waals surface area contributed by atoms with Crippen molar-refractivity contribution in [2.24, 2.45) is 11.3 Å². The van der Waals surface area contributed by atoms with E-state index in [9.17, 15) is 14.7 Å². The molecule has 1 aliphatic carbocycles. The molecule has 142 valence electrons. The number of nitrogens with zero attached hydrogens (tertiary/aromatic N) is 1. The molecule has 26 heavy (non-hydrogen) atoms. The Morgan fingerprint density at radius 2 is 2.00 bits per heavy atom. The number of hydrogen-bond donors (Lipinski definition) is 1. The van der Waals surface area contributed by atoms with Crippen LogP contribution in [0.1, 0.15) is 49.4 Å². The molecule has 1 aromatic rings.